The fourth-order valence-electron chi connectivity index (χ4n) is 2.93. The molecule has 0 fully saturated rings. The van der Waals surface area contributed by atoms with Crippen LogP contribution in [-0.2, 0) is 20.7 Å². The largest absolute Gasteiger partial charge is 0.475 e. The first-order valence-corrected chi connectivity index (χ1v) is 10.8. The predicted octanol–water partition coefficient (Wildman–Crippen LogP) is 3.98. The van der Waals surface area contributed by atoms with Crippen molar-refractivity contribution < 1.29 is 28.6 Å². The number of carbonyl (C=O) groups excluding carboxylic acids is 3. The molecule has 0 aliphatic carbocycles. The van der Waals surface area contributed by atoms with Crippen LogP contribution in [-0.4, -0.2) is 41.0 Å². The maximum Gasteiger partial charge on any atom is 0.310 e. The van der Waals surface area contributed by atoms with Crippen molar-refractivity contribution in [2.45, 2.75) is 33.3 Å². The van der Waals surface area contributed by atoms with Crippen molar-refractivity contribution in [1.29, 1.82) is 0 Å². The number of hydrogen-bond acceptors (Lipinski definition) is 8. The van der Waals surface area contributed by atoms with Gasteiger partial charge in [-0.25, -0.2) is 4.98 Å². The Bertz CT molecular complexity index is 1190. The minimum absolute atomic E-state index is 0.0878. The number of pyridine rings is 2. The number of nitrogens with one attached hydrogen (secondary N) is 2. The minimum Gasteiger partial charge on any atom is -0.475 e. The Morgan fingerprint density at radius 1 is 0.971 bits per heavy atom. The summed E-state index contributed by atoms with van der Waals surface area (Å²) in [6.45, 7) is 5.11. The van der Waals surface area contributed by atoms with Gasteiger partial charge in [0.15, 0.2) is 0 Å². The van der Waals surface area contributed by atoms with Crippen LogP contribution in [0.5, 0.6) is 17.5 Å². The molecule has 1 aromatic carbocycles. The molecule has 2 amide bonds. The number of aromatic nitrogens is 2. The molecule has 0 bridgehead atoms. The van der Waals surface area contributed by atoms with Crippen LogP contribution < -0.4 is 20.1 Å². The highest BCUT2D eigenvalue weighted by Crippen LogP contribution is 2.26. The molecule has 3 aromatic rings. The van der Waals surface area contributed by atoms with Gasteiger partial charge in [-0.3, -0.25) is 14.4 Å². The second-order valence-electron chi connectivity index (χ2n) is 7.77. The molecule has 182 valence electrons. The van der Waals surface area contributed by atoms with E-state index in [2.05, 4.69) is 25.3 Å². The summed E-state index contributed by atoms with van der Waals surface area (Å²) in [6, 6.07) is 13.0. The minimum atomic E-state index is -0.444. The van der Waals surface area contributed by atoms with E-state index < -0.39 is 5.91 Å². The molecule has 10 nitrogen and oxygen atoms in total. The molecule has 2 heterocycles. The quantitative estimate of drug-likeness (QED) is 0.442. The zero-order valence-corrected chi connectivity index (χ0v) is 19.8. The fraction of sp³-hybridized carbons (Fsp3) is 0.240. The maximum atomic E-state index is 12.9. The first-order valence-electron chi connectivity index (χ1n) is 10.8. The number of nitrogens with zero attached hydrogens (tertiary/aromatic N) is 2. The van der Waals surface area contributed by atoms with Gasteiger partial charge in [0.25, 0.3) is 5.91 Å². The van der Waals surface area contributed by atoms with E-state index in [1.54, 1.807) is 36.4 Å². The molecule has 3 rings (SSSR count). The van der Waals surface area contributed by atoms with Crippen LogP contribution in [0.3, 0.4) is 0 Å². The lowest BCUT2D eigenvalue weighted by Crippen LogP contribution is -2.15. The van der Waals surface area contributed by atoms with Crippen LogP contribution >= 0.6 is 0 Å². The molecule has 2 N–H and O–H groups in total. The van der Waals surface area contributed by atoms with E-state index in [0.29, 0.717) is 22.8 Å². The summed E-state index contributed by atoms with van der Waals surface area (Å²) in [5.41, 5.74) is 1.53. The highest BCUT2D eigenvalue weighted by molar-refractivity contribution is 6.04. The SMILES string of the molecule is COC(=O)Cc1ccc(NC(=O)c2cc(Oc3ccc(NC(C)=O)cc3)nc(OC(C)C)c2)nc1. The van der Waals surface area contributed by atoms with Crippen molar-refractivity contribution in [2.75, 3.05) is 17.7 Å². The number of amides is 2. The molecule has 2 aromatic heterocycles. The lowest BCUT2D eigenvalue weighted by atomic mass is 10.2. The molecule has 10 heteroatoms. The Balaban J connectivity index is 1.77. The third-order valence-electron chi connectivity index (χ3n) is 4.44. The predicted molar refractivity (Wildman–Crippen MR) is 129 cm³/mol. The Hall–Kier alpha value is -4.47. The topological polar surface area (TPSA) is 129 Å². The van der Waals surface area contributed by atoms with Crippen LogP contribution in [0.15, 0.2) is 54.7 Å². The maximum absolute atomic E-state index is 12.9. The Kier molecular flexibility index (Phi) is 8.33. The Morgan fingerprint density at radius 2 is 1.69 bits per heavy atom. The average Bonchev–Trinajstić information content (AvgIpc) is 2.80. The first-order chi connectivity index (χ1) is 16.7. The van der Waals surface area contributed by atoms with Gasteiger partial charge >= 0.3 is 5.97 Å². The van der Waals surface area contributed by atoms with Gasteiger partial charge < -0.3 is 24.8 Å². The Morgan fingerprint density at radius 3 is 2.29 bits per heavy atom. The molecular weight excluding hydrogens is 452 g/mol. The van der Waals surface area contributed by atoms with Crippen molar-refractivity contribution >= 4 is 29.3 Å². The molecule has 35 heavy (non-hydrogen) atoms. The number of methoxy groups -OCH3 is 1. The zero-order valence-electron chi connectivity index (χ0n) is 19.8. The van der Waals surface area contributed by atoms with Gasteiger partial charge in [-0.2, -0.15) is 4.98 Å². The highest BCUT2D eigenvalue weighted by atomic mass is 16.5. The number of ether oxygens (including phenoxy) is 3. The number of anilines is 2. The van der Waals surface area contributed by atoms with Crippen molar-refractivity contribution in [2.24, 2.45) is 0 Å². The first kappa shape index (κ1) is 25.2. The summed E-state index contributed by atoms with van der Waals surface area (Å²) in [5, 5.41) is 5.38. The van der Waals surface area contributed by atoms with E-state index >= 15 is 0 Å². The number of rotatable bonds is 9. The Labute approximate surface area is 202 Å². The zero-order chi connectivity index (χ0) is 25.4. The van der Waals surface area contributed by atoms with Gasteiger partial charge in [0.05, 0.1) is 25.2 Å². The van der Waals surface area contributed by atoms with E-state index in [9.17, 15) is 14.4 Å². The van der Waals surface area contributed by atoms with Gasteiger partial charge in [0.2, 0.25) is 17.7 Å². The standard InChI is InChI=1S/C25H26N4O6/c1-15(2)34-22-12-18(25(32)28-21-10-5-17(14-26-21)11-24(31)33-4)13-23(29-22)35-20-8-6-19(7-9-20)27-16(3)30/h5-10,12-15H,11H2,1-4H3,(H,27,30)(H,26,28,32). The molecule has 0 spiro atoms. The molecule has 0 saturated carbocycles. The van der Waals surface area contributed by atoms with Gasteiger partial charge in [0.1, 0.15) is 11.6 Å². The van der Waals surface area contributed by atoms with Crippen molar-refractivity contribution in [3.8, 4) is 17.5 Å². The van der Waals surface area contributed by atoms with Gasteiger partial charge in [-0.1, -0.05) is 6.07 Å². The van der Waals surface area contributed by atoms with E-state index in [-0.39, 0.29) is 41.7 Å². The van der Waals surface area contributed by atoms with Crippen LogP contribution in [0.1, 0.15) is 36.7 Å². The molecule has 0 radical (unpaired) electrons. The van der Waals surface area contributed by atoms with Gasteiger partial charge in [-0.05, 0) is 49.7 Å². The van der Waals surface area contributed by atoms with Crippen LogP contribution in [0.25, 0.3) is 0 Å². The van der Waals surface area contributed by atoms with E-state index in [1.807, 2.05) is 13.8 Å². The molecule has 0 aliphatic heterocycles. The summed E-state index contributed by atoms with van der Waals surface area (Å²) in [5.74, 6) is 0.142. The second-order valence-corrected chi connectivity index (χ2v) is 7.77. The third kappa shape index (κ3) is 7.81. The van der Waals surface area contributed by atoms with E-state index in [0.717, 1.165) is 0 Å². The van der Waals surface area contributed by atoms with Crippen LogP contribution in [0.2, 0.25) is 0 Å². The lowest BCUT2D eigenvalue weighted by Gasteiger charge is -2.13. The number of carbonyl (C=O) groups is 3. The second kappa shape index (κ2) is 11.6. The molecule has 0 aliphatic rings. The van der Waals surface area contributed by atoms with Crippen molar-refractivity contribution in [3.05, 3.63) is 65.9 Å². The number of benzene rings is 1. The number of hydrogen-bond donors (Lipinski definition) is 2. The van der Waals surface area contributed by atoms with Gasteiger partial charge in [-0.15, -0.1) is 0 Å². The summed E-state index contributed by atoms with van der Waals surface area (Å²) < 4.78 is 16.1. The summed E-state index contributed by atoms with van der Waals surface area (Å²) in [7, 11) is 1.31. The summed E-state index contributed by atoms with van der Waals surface area (Å²) in [6.07, 6.45) is 1.41. The van der Waals surface area contributed by atoms with Gasteiger partial charge in [0, 0.05) is 30.9 Å². The summed E-state index contributed by atoms with van der Waals surface area (Å²) in [4.78, 5) is 44.0. The lowest BCUT2D eigenvalue weighted by molar-refractivity contribution is -0.139. The van der Waals surface area contributed by atoms with Crippen LogP contribution in [0.4, 0.5) is 11.5 Å². The number of esters is 1. The van der Waals surface area contributed by atoms with E-state index in [1.165, 1.54) is 32.4 Å². The van der Waals surface area contributed by atoms with Crippen LogP contribution in [0, 0.1) is 0 Å². The van der Waals surface area contributed by atoms with E-state index in [4.69, 9.17) is 9.47 Å². The smallest absolute Gasteiger partial charge is 0.310 e. The van der Waals surface area contributed by atoms with Crippen molar-refractivity contribution in [3.63, 3.8) is 0 Å². The molecular formula is C25H26N4O6. The highest BCUT2D eigenvalue weighted by Gasteiger charge is 2.14. The molecule has 0 unspecified atom stereocenters. The average molecular weight is 479 g/mol. The molecule has 0 saturated heterocycles. The third-order valence-corrected chi connectivity index (χ3v) is 4.44. The normalized spacial score (nSPS) is 10.4. The summed E-state index contributed by atoms with van der Waals surface area (Å²) >= 11 is 0. The van der Waals surface area contributed by atoms with Crippen molar-refractivity contribution in [1.82, 2.24) is 9.97 Å². The fourth-order valence-corrected chi connectivity index (χ4v) is 2.93. The molecule has 0 atom stereocenters. The monoisotopic (exact) mass is 478 g/mol.